The molecule has 0 aliphatic rings. The number of aryl methyl sites for hydroxylation is 1. The summed E-state index contributed by atoms with van der Waals surface area (Å²) in [7, 11) is 0. The molecule has 0 fully saturated rings. The van der Waals surface area contributed by atoms with Crippen LogP contribution in [-0.2, 0) is 9.53 Å². The van der Waals surface area contributed by atoms with Crippen LogP contribution < -0.4 is 10.1 Å². The van der Waals surface area contributed by atoms with Gasteiger partial charge < -0.3 is 14.8 Å². The van der Waals surface area contributed by atoms with E-state index in [1.807, 2.05) is 44.2 Å². The van der Waals surface area contributed by atoms with Crippen LogP contribution in [0.3, 0.4) is 0 Å². The van der Waals surface area contributed by atoms with Crippen LogP contribution in [0, 0.1) is 13.8 Å². The zero-order chi connectivity index (χ0) is 22.5. The van der Waals surface area contributed by atoms with Gasteiger partial charge in [0, 0.05) is 9.90 Å². The van der Waals surface area contributed by atoms with Crippen LogP contribution in [0.4, 0.5) is 5.00 Å². The van der Waals surface area contributed by atoms with Gasteiger partial charge in [0.25, 0.3) is 5.91 Å². The Balaban J connectivity index is 1.79. The Morgan fingerprint density at radius 1 is 1.16 bits per heavy atom. The molecule has 0 unspecified atom stereocenters. The Morgan fingerprint density at radius 2 is 1.87 bits per heavy atom. The molecule has 162 valence electrons. The number of benzene rings is 2. The molecule has 0 atom stereocenters. The summed E-state index contributed by atoms with van der Waals surface area (Å²) >= 11 is 11.0. The second-order valence-electron chi connectivity index (χ2n) is 6.72. The van der Waals surface area contributed by atoms with Gasteiger partial charge in [0.2, 0.25) is 0 Å². The van der Waals surface area contributed by atoms with Gasteiger partial charge in [0.1, 0.15) is 10.8 Å². The largest absolute Gasteiger partial charge is 0.483 e. The van der Waals surface area contributed by atoms with Gasteiger partial charge in [-0.25, -0.2) is 4.79 Å². The number of carbonyl (C=O) groups excluding carboxylic acids is 2. The third-order valence-corrected chi connectivity index (χ3v) is 7.13. The lowest BCUT2D eigenvalue weighted by molar-refractivity contribution is -0.118. The van der Waals surface area contributed by atoms with Crippen LogP contribution in [0.15, 0.2) is 46.9 Å². The van der Waals surface area contributed by atoms with Gasteiger partial charge in [-0.15, -0.1) is 11.3 Å². The number of hydrogen-bond acceptors (Lipinski definition) is 5. The molecule has 0 radical (unpaired) electrons. The lowest BCUT2D eigenvalue weighted by Crippen LogP contribution is -2.21. The van der Waals surface area contributed by atoms with Crippen molar-refractivity contribution in [3.63, 3.8) is 0 Å². The van der Waals surface area contributed by atoms with E-state index in [0.717, 1.165) is 21.6 Å². The number of halogens is 2. The van der Waals surface area contributed by atoms with Gasteiger partial charge in [0.15, 0.2) is 6.61 Å². The van der Waals surface area contributed by atoms with Crippen molar-refractivity contribution in [2.75, 3.05) is 18.5 Å². The van der Waals surface area contributed by atoms with E-state index in [9.17, 15) is 9.59 Å². The van der Waals surface area contributed by atoms with Crippen molar-refractivity contribution in [1.82, 2.24) is 0 Å². The van der Waals surface area contributed by atoms with Crippen LogP contribution in [0.1, 0.15) is 28.4 Å². The summed E-state index contributed by atoms with van der Waals surface area (Å²) in [5.41, 5.74) is 2.96. The minimum atomic E-state index is -0.483. The van der Waals surface area contributed by atoms with Crippen molar-refractivity contribution < 1.29 is 19.1 Å². The first-order valence-corrected chi connectivity index (χ1v) is 11.5. The summed E-state index contributed by atoms with van der Waals surface area (Å²) in [6, 6.07) is 13.1. The summed E-state index contributed by atoms with van der Waals surface area (Å²) in [4.78, 5) is 25.8. The van der Waals surface area contributed by atoms with E-state index in [1.54, 1.807) is 19.1 Å². The first-order chi connectivity index (χ1) is 14.8. The molecule has 0 spiro atoms. The molecule has 1 aromatic heterocycles. The fraction of sp³-hybridized carbons (Fsp3) is 0.217. The summed E-state index contributed by atoms with van der Waals surface area (Å²) in [6.07, 6.45) is 0. The predicted octanol–water partition coefficient (Wildman–Crippen LogP) is 6.64. The van der Waals surface area contributed by atoms with Crippen LogP contribution in [-0.4, -0.2) is 25.1 Å². The maximum absolute atomic E-state index is 12.6. The molecule has 1 amide bonds. The van der Waals surface area contributed by atoms with Crippen molar-refractivity contribution in [2.24, 2.45) is 0 Å². The number of hydrogen-bond donors (Lipinski definition) is 1. The molecule has 1 N–H and O–H groups in total. The van der Waals surface area contributed by atoms with E-state index in [1.165, 1.54) is 11.3 Å². The number of amides is 1. The molecule has 3 aromatic rings. The number of rotatable bonds is 7. The summed E-state index contributed by atoms with van der Waals surface area (Å²) in [5.74, 6) is -0.343. The molecular weight excluding hydrogens is 502 g/mol. The molecule has 0 saturated carbocycles. The van der Waals surface area contributed by atoms with Crippen LogP contribution >= 0.6 is 38.9 Å². The van der Waals surface area contributed by atoms with E-state index in [-0.39, 0.29) is 19.1 Å². The summed E-state index contributed by atoms with van der Waals surface area (Å²) in [5, 5.41) is 3.86. The van der Waals surface area contributed by atoms with Crippen LogP contribution in [0.5, 0.6) is 5.75 Å². The molecule has 0 aliphatic heterocycles. The topological polar surface area (TPSA) is 64.6 Å². The maximum Gasteiger partial charge on any atom is 0.341 e. The summed E-state index contributed by atoms with van der Waals surface area (Å²) < 4.78 is 11.5. The molecule has 31 heavy (non-hydrogen) atoms. The molecule has 0 aliphatic carbocycles. The van der Waals surface area contributed by atoms with E-state index >= 15 is 0 Å². The first kappa shape index (κ1) is 23.3. The quantitative estimate of drug-likeness (QED) is 0.353. The first-order valence-electron chi connectivity index (χ1n) is 9.56. The van der Waals surface area contributed by atoms with Crippen LogP contribution in [0.25, 0.3) is 10.4 Å². The fourth-order valence-corrected chi connectivity index (χ4v) is 4.66. The molecule has 3 rings (SSSR count). The number of carbonyl (C=O) groups is 2. The SMILES string of the molecule is CCOC(=O)c1cc(-c2ccccc2)sc1NC(=O)COc1cc(C)c(Cl)c(C)c1Br. The van der Waals surface area contributed by atoms with Crippen molar-refractivity contribution in [3.05, 3.63) is 68.7 Å². The molecule has 1 heterocycles. The molecule has 2 aromatic carbocycles. The Bertz CT molecular complexity index is 1110. The minimum Gasteiger partial charge on any atom is -0.483 e. The zero-order valence-electron chi connectivity index (χ0n) is 17.3. The number of nitrogens with one attached hydrogen (secondary N) is 1. The van der Waals surface area contributed by atoms with Gasteiger partial charge in [-0.3, -0.25) is 4.79 Å². The lowest BCUT2D eigenvalue weighted by atomic mass is 10.1. The van der Waals surface area contributed by atoms with E-state index < -0.39 is 5.97 Å². The molecule has 5 nitrogen and oxygen atoms in total. The number of thiophene rings is 1. The Kier molecular flexibility index (Phi) is 7.75. The standard InChI is InChI=1S/C23H21BrClNO4S/c1-4-29-23(28)16-11-18(15-8-6-5-7-9-15)31-22(16)26-19(27)12-30-17-10-13(2)21(25)14(3)20(17)24/h5-11H,4,12H2,1-3H3,(H,26,27). The van der Waals surface area contributed by atoms with Gasteiger partial charge in [-0.05, 0) is 65.5 Å². The predicted molar refractivity (Wildman–Crippen MR) is 128 cm³/mol. The highest BCUT2D eigenvalue weighted by atomic mass is 79.9. The third kappa shape index (κ3) is 5.47. The van der Waals surface area contributed by atoms with Gasteiger partial charge in [-0.1, -0.05) is 41.9 Å². The van der Waals surface area contributed by atoms with Gasteiger partial charge in [-0.2, -0.15) is 0 Å². The average molecular weight is 523 g/mol. The smallest absolute Gasteiger partial charge is 0.341 e. The summed E-state index contributed by atoms with van der Waals surface area (Å²) in [6.45, 7) is 5.50. The second-order valence-corrected chi connectivity index (χ2v) is 8.94. The minimum absolute atomic E-state index is 0.222. The Labute approximate surface area is 198 Å². The Morgan fingerprint density at radius 3 is 2.55 bits per heavy atom. The van der Waals surface area contributed by atoms with Gasteiger partial charge >= 0.3 is 5.97 Å². The van der Waals surface area contributed by atoms with Crippen molar-refractivity contribution in [1.29, 1.82) is 0 Å². The van der Waals surface area contributed by atoms with E-state index in [0.29, 0.717) is 25.8 Å². The highest BCUT2D eigenvalue weighted by Crippen LogP contribution is 2.37. The normalized spacial score (nSPS) is 10.6. The highest BCUT2D eigenvalue weighted by Gasteiger charge is 2.20. The van der Waals surface area contributed by atoms with E-state index in [2.05, 4.69) is 21.2 Å². The zero-order valence-corrected chi connectivity index (χ0v) is 20.4. The molecular formula is C23H21BrClNO4S. The number of esters is 1. The number of ether oxygens (including phenoxy) is 2. The monoisotopic (exact) mass is 521 g/mol. The van der Waals surface area contributed by atoms with Gasteiger partial charge in [0.05, 0.1) is 16.6 Å². The second kappa shape index (κ2) is 10.3. The third-order valence-electron chi connectivity index (χ3n) is 4.47. The van der Waals surface area contributed by atoms with Crippen molar-refractivity contribution in [3.8, 4) is 16.2 Å². The fourth-order valence-electron chi connectivity index (χ4n) is 2.90. The maximum atomic E-state index is 12.6. The van der Waals surface area contributed by atoms with Crippen molar-refractivity contribution >= 4 is 55.7 Å². The van der Waals surface area contributed by atoms with Crippen LogP contribution in [0.2, 0.25) is 5.02 Å². The average Bonchev–Trinajstić information content (AvgIpc) is 3.18. The highest BCUT2D eigenvalue weighted by molar-refractivity contribution is 9.10. The lowest BCUT2D eigenvalue weighted by Gasteiger charge is -2.13. The Hall–Kier alpha value is -2.35. The van der Waals surface area contributed by atoms with Crippen molar-refractivity contribution in [2.45, 2.75) is 20.8 Å². The molecule has 0 saturated heterocycles. The number of anilines is 1. The van der Waals surface area contributed by atoms with E-state index in [4.69, 9.17) is 21.1 Å². The molecule has 0 bridgehead atoms. The molecule has 8 heteroatoms.